The SMILES string of the molecule is CCOc1nc(Cc2c(Cl)cccc2Cl)nc(Nc2ccc(C#N)cc2)n1. The van der Waals surface area contributed by atoms with E-state index >= 15 is 0 Å². The Bertz CT molecular complexity index is 966. The summed E-state index contributed by atoms with van der Waals surface area (Å²) >= 11 is 12.5. The molecule has 0 aliphatic rings. The third kappa shape index (κ3) is 4.85. The topological polar surface area (TPSA) is 83.7 Å². The molecular weight excluding hydrogens is 385 g/mol. The van der Waals surface area contributed by atoms with E-state index in [2.05, 4.69) is 26.3 Å². The molecule has 3 aromatic rings. The minimum Gasteiger partial charge on any atom is -0.464 e. The molecule has 2 aromatic carbocycles. The van der Waals surface area contributed by atoms with Gasteiger partial charge in [0, 0.05) is 22.2 Å². The van der Waals surface area contributed by atoms with Gasteiger partial charge in [-0.15, -0.1) is 0 Å². The fraction of sp³-hybridized carbons (Fsp3) is 0.158. The first-order valence-corrected chi connectivity index (χ1v) is 8.92. The van der Waals surface area contributed by atoms with Crippen LogP contribution in [0.2, 0.25) is 10.0 Å². The second kappa shape index (κ2) is 8.67. The quantitative estimate of drug-likeness (QED) is 0.641. The third-order valence-corrected chi connectivity index (χ3v) is 4.31. The van der Waals surface area contributed by atoms with Gasteiger partial charge < -0.3 is 10.1 Å². The van der Waals surface area contributed by atoms with Gasteiger partial charge >= 0.3 is 6.01 Å². The van der Waals surface area contributed by atoms with E-state index in [1.807, 2.05) is 6.92 Å². The first-order chi connectivity index (χ1) is 13.1. The van der Waals surface area contributed by atoms with Crippen LogP contribution in [-0.4, -0.2) is 21.6 Å². The molecule has 0 atom stereocenters. The minimum absolute atomic E-state index is 0.210. The van der Waals surface area contributed by atoms with Crippen molar-refractivity contribution in [2.45, 2.75) is 13.3 Å². The lowest BCUT2D eigenvalue weighted by Gasteiger charge is -2.10. The highest BCUT2D eigenvalue weighted by Crippen LogP contribution is 2.27. The molecule has 0 saturated heterocycles. The van der Waals surface area contributed by atoms with Gasteiger partial charge in [-0.05, 0) is 48.9 Å². The molecule has 3 rings (SSSR count). The van der Waals surface area contributed by atoms with Crippen molar-refractivity contribution >= 4 is 34.8 Å². The van der Waals surface area contributed by atoms with Crippen molar-refractivity contribution in [2.24, 2.45) is 0 Å². The first kappa shape index (κ1) is 18.9. The Balaban J connectivity index is 1.91. The van der Waals surface area contributed by atoms with Gasteiger partial charge in [0.05, 0.1) is 18.2 Å². The lowest BCUT2D eigenvalue weighted by molar-refractivity contribution is 0.310. The maximum absolute atomic E-state index is 8.89. The zero-order chi connectivity index (χ0) is 19.2. The Morgan fingerprint density at radius 1 is 1.04 bits per heavy atom. The van der Waals surface area contributed by atoms with Gasteiger partial charge in [0.1, 0.15) is 5.82 Å². The van der Waals surface area contributed by atoms with Crippen LogP contribution in [-0.2, 0) is 6.42 Å². The summed E-state index contributed by atoms with van der Waals surface area (Å²) in [4.78, 5) is 13.0. The van der Waals surface area contributed by atoms with Crippen molar-refractivity contribution in [3.05, 3.63) is 69.5 Å². The molecule has 6 nitrogen and oxygen atoms in total. The van der Waals surface area contributed by atoms with Gasteiger partial charge in [0.2, 0.25) is 5.95 Å². The highest BCUT2D eigenvalue weighted by molar-refractivity contribution is 6.36. The van der Waals surface area contributed by atoms with E-state index in [1.54, 1.807) is 42.5 Å². The van der Waals surface area contributed by atoms with Crippen molar-refractivity contribution in [2.75, 3.05) is 11.9 Å². The zero-order valence-electron chi connectivity index (χ0n) is 14.4. The molecule has 0 unspecified atom stereocenters. The van der Waals surface area contributed by atoms with Crippen LogP contribution in [0.4, 0.5) is 11.6 Å². The molecule has 27 heavy (non-hydrogen) atoms. The van der Waals surface area contributed by atoms with Gasteiger partial charge in [-0.3, -0.25) is 0 Å². The van der Waals surface area contributed by atoms with Crippen LogP contribution in [0.25, 0.3) is 0 Å². The van der Waals surface area contributed by atoms with Crippen LogP contribution in [0.5, 0.6) is 6.01 Å². The summed E-state index contributed by atoms with van der Waals surface area (Å²) in [6.45, 7) is 2.27. The minimum atomic E-state index is 0.210. The van der Waals surface area contributed by atoms with E-state index in [9.17, 15) is 0 Å². The molecule has 0 aliphatic carbocycles. The van der Waals surface area contributed by atoms with Crippen LogP contribution < -0.4 is 10.1 Å². The number of nitriles is 1. The van der Waals surface area contributed by atoms with Gasteiger partial charge in [0.25, 0.3) is 0 Å². The summed E-state index contributed by atoms with van der Waals surface area (Å²) in [5, 5.41) is 13.1. The fourth-order valence-corrected chi connectivity index (χ4v) is 2.87. The van der Waals surface area contributed by atoms with E-state index in [4.69, 9.17) is 33.2 Å². The summed E-state index contributed by atoms with van der Waals surface area (Å²) in [6, 6.07) is 14.6. The number of aromatic nitrogens is 3. The number of anilines is 2. The van der Waals surface area contributed by atoms with Crippen molar-refractivity contribution < 1.29 is 4.74 Å². The lowest BCUT2D eigenvalue weighted by atomic mass is 10.1. The summed E-state index contributed by atoms with van der Waals surface area (Å²) in [7, 11) is 0. The summed E-state index contributed by atoms with van der Waals surface area (Å²) in [5.74, 6) is 0.802. The number of halogens is 2. The Morgan fingerprint density at radius 3 is 2.37 bits per heavy atom. The molecule has 0 aliphatic heterocycles. The molecule has 0 bridgehead atoms. The Morgan fingerprint density at radius 2 is 1.74 bits per heavy atom. The monoisotopic (exact) mass is 399 g/mol. The van der Waals surface area contributed by atoms with E-state index in [0.717, 1.165) is 11.3 Å². The van der Waals surface area contributed by atoms with Crippen LogP contribution in [0.15, 0.2) is 42.5 Å². The maximum atomic E-state index is 8.89. The molecule has 0 fully saturated rings. The molecule has 1 heterocycles. The molecule has 1 aromatic heterocycles. The third-order valence-electron chi connectivity index (χ3n) is 3.60. The maximum Gasteiger partial charge on any atom is 0.321 e. The van der Waals surface area contributed by atoms with E-state index in [1.165, 1.54) is 0 Å². The van der Waals surface area contributed by atoms with Gasteiger partial charge in [0.15, 0.2) is 0 Å². The smallest absolute Gasteiger partial charge is 0.321 e. The largest absolute Gasteiger partial charge is 0.464 e. The molecule has 1 N–H and O–H groups in total. The summed E-state index contributed by atoms with van der Waals surface area (Å²) < 4.78 is 5.45. The second-order valence-electron chi connectivity index (χ2n) is 5.48. The molecule has 0 amide bonds. The van der Waals surface area contributed by atoms with Crippen LogP contribution in [0.1, 0.15) is 23.9 Å². The molecule has 0 radical (unpaired) electrons. The average Bonchev–Trinajstić information content (AvgIpc) is 2.66. The Hall–Kier alpha value is -2.88. The first-order valence-electron chi connectivity index (χ1n) is 8.17. The van der Waals surface area contributed by atoms with E-state index in [0.29, 0.717) is 40.4 Å². The molecule has 0 saturated carbocycles. The zero-order valence-corrected chi connectivity index (χ0v) is 15.9. The van der Waals surface area contributed by atoms with Crippen molar-refractivity contribution in [1.29, 1.82) is 5.26 Å². The predicted molar refractivity (Wildman–Crippen MR) is 105 cm³/mol. The van der Waals surface area contributed by atoms with Crippen molar-refractivity contribution in [3.63, 3.8) is 0 Å². The number of benzene rings is 2. The highest BCUT2D eigenvalue weighted by atomic mass is 35.5. The fourth-order valence-electron chi connectivity index (χ4n) is 2.34. The number of hydrogen-bond donors (Lipinski definition) is 1. The van der Waals surface area contributed by atoms with Crippen molar-refractivity contribution in [3.8, 4) is 12.1 Å². The molecule has 8 heteroatoms. The molecular formula is C19H15Cl2N5O. The Labute approximate surface area is 166 Å². The van der Waals surface area contributed by atoms with Gasteiger partial charge in [-0.2, -0.15) is 20.2 Å². The van der Waals surface area contributed by atoms with Crippen LogP contribution in [0.3, 0.4) is 0 Å². The van der Waals surface area contributed by atoms with E-state index < -0.39 is 0 Å². The molecule has 0 spiro atoms. The normalized spacial score (nSPS) is 10.3. The number of nitrogens with one attached hydrogen (secondary N) is 1. The Kier molecular flexibility index (Phi) is 6.07. The number of ether oxygens (including phenoxy) is 1. The summed E-state index contributed by atoms with van der Waals surface area (Å²) in [6.07, 6.45) is 0.336. The van der Waals surface area contributed by atoms with Gasteiger partial charge in [-0.25, -0.2) is 0 Å². The van der Waals surface area contributed by atoms with Crippen LogP contribution >= 0.6 is 23.2 Å². The summed E-state index contributed by atoms with van der Waals surface area (Å²) in [5.41, 5.74) is 2.04. The standard InChI is InChI=1S/C19H15Cl2N5O/c1-2-27-19-25-17(10-14-15(20)4-3-5-16(14)21)24-18(26-19)23-13-8-6-12(11-22)7-9-13/h3-9H,2,10H2,1H3,(H,23,24,25,26). The predicted octanol–water partition coefficient (Wildman–Crippen LogP) is 4.78. The van der Waals surface area contributed by atoms with Crippen LogP contribution in [0, 0.1) is 11.3 Å². The average molecular weight is 400 g/mol. The number of hydrogen-bond acceptors (Lipinski definition) is 6. The highest BCUT2D eigenvalue weighted by Gasteiger charge is 2.12. The molecule has 136 valence electrons. The lowest BCUT2D eigenvalue weighted by Crippen LogP contribution is -2.08. The van der Waals surface area contributed by atoms with Gasteiger partial charge in [-0.1, -0.05) is 29.3 Å². The van der Waals surface area contributed by atoms with Crippen molar-refractivity contribution in [1.82, 2.24) is 15.0 Å². The second-order valence-corrected chi connectivity index (χ2v) is 6.30. The number of nitrogens with zero attached hydrogens (tertiary/aromatic N) is 4. The van der Waals surface area contributed by atoms with E-state index in [-0.39, 0.29) is 6.01 Å². The number of rotatable bonds is 6.